The Morgan fingerprint density at radius 3 is 2.71 bits per heavy atom. The molecule has 0 atom stereocenters. The number of ether oxygens (including phenoxy) is 1. The highest BCUT2D eigenvalue weighted by molar-refractivity contribution is 6.32. The van der Waals surface area contributed by atoms with Gasteiger partial charge in [-0.3, -0.25) is 4.79 Å². The lowest BCUT2D eigenvalue weighted by molar-refractivity contribution is 0.286. The molecule has 1 aromatic heterocycles. The number of hydrogen-bond donors (Lipinski definition) is 0. The molecule has 0 N–H and O–H groups in total. The van der Waals surface area contributed by atoms with Crippen LogP contribution in [0.5, 0.6) is 5.75 Å². The number of benzene rings is 2. The van der Waals surface area contributed by atoms with Crippen LogP contribution in [0.4, 0.5) is 0 Å². The van der Waals surface area contributed by atoms with Gasteiger partial charge in [0.15, 0.2) is 0 Å². The molecule has 106 valence electrons. The lowest BCUT2D eigenvalue weighted by Crippen LogP contribution is -2.26. The fraction of sp³-hybridized carbons (Fsp3) is 0.133. The second-order valence-electron chi connectivity index (χ2n) is 4.41. The van der Waals surface area contributed by atoms with Crippen molar-refractivity contribution in [1.29, 1.82) is 0 Å². The van der Waals surface area contributed by atoms with Crippen molar-refractivity contribution < 1.29 is 4.74 Å². The molecule has 21 heavy (non-hydrogen) atoms. The number of rotatable bonds is 4. The van der Waals surface area contributed by atoms with Crippen LogP contribution in [-0.2, 0) is 6.54 Å². The van der Waals surface area contributed by atoms with E-state index in [0.29, 0.717) is 28.2 Å². The quantitative estimate of drug-likeness (QED) is 0.743. The molecule has 0 saturated heterocycles. The summed E-state index contributed by atoms with van der Waals surface area (Å²) in [5, 5.41) is 9.00. The van der Waals surface area contributed by atoms with Crippen LogP contribution in [0.3, 0.4) is 0 Å². The van der Waals surface area contributed by atoms with Gasteiger partial charge in [-0.15, -0.1) is 5.10 Å². The third-order valence-corrected chi connectivity index (χ3v) is 3.34. The lowest BCUT2D eigenvalue weighted by Gasteiger charge is -2.08. The van der Waals surface area contributed by atoms with Crippen molar-refractivity contribution in [2.24, 2.45) is 0 Å². The summed E-state index contributed by atoms with van der Waals surface area (Å²) in [5.41, 5.74) is 0.411. The van der Waals surface area contributed by atoms with Crippen LogP contribution in [0, 0.1) is 0 Å². The molecule has 3 aromatic rings. The Morgan fingerprint density at radius 1 is 1.10 bits per heavy atom. The zero-order valence-electron chi connectivity index (χ0n) is 11.1. The molecule has 0 saturated carbocycles. The Kier molecular flexibility index (Phi) is 3.83. The number of halogens is 1. The molecule has 0 spiro atoms. The Labute approximate surface area is 125 Å². The second kappa shape index (κ2) is 5.93. The van der Waals surface area contributed by atoms with Crippen LogP contribution in [0.2, 0.25) is 5.02 Å². The number of nitrogens with zero attached hydrogens (tertiary/aromatic N) is 3. The van der Waals surface area contributed by atoms with Gasteiger partial charge in [-0.25, -0.2) is 4.68 Å². The summed E-state index contributed by atoms with van der Waals surface area (Å²) >= 11 is 5.99. The molecule has 0 amide bonds. The summed E-state index contributed by atoms with van der Waals surface area (Å²) in [5.74, 6) is 0.584. The molecular weight excluding hydrogens is 290 g/mol. The van der Waals surface area contributed by atoms with Crippen molar-refractivity contribution in [2.45, 2.75) is 6.54 Å². The van der Waals surface area contributed by atoms with E-state index in [0.717, 1.165) is 0 Å². The van der Waals surface area contributed by atoms with Crippen LogP contribution in [0.25, 0.3) is 10.9 Å². The monoisotopic (exact) mass is 301 g/mol. The molecule has 6 heteroatoms. The average molecular weight is 302 g/mol. The predicted molar refractivity (Wildman–Crippen MR) is 80.7 cm³/mol. The van der Waals surface area contributed by atoms with Gasteiger partial charge in [-0.1, -0.05) is 41.1 Å². The Hall–Kier alpha value is -2.40. The molecule has 1 heterocycles. The van der Waals surface area contributed by atoms with Gasteiger partial charge >= 0.3 is 0 Å². The highest BCUT2D eigenvalue weighted by atomic mass is 35.5. The zero-order valence-corrected chi connectivity index (χ0v) is 11.8. The van der Waals surface area contributed by atoms with Crippen molar-refractivity contribution in [1.82, 2.24) is 15.0 Å². The number of para-hydroxylation sites is 1. The third kappa shape index (κ3) is 2.87. The first-order valence-electron chi connectivity index (χ1n) is 6.45. The van der Waals surface area contributed by atoms with E-state index in [1.54, 1.807) is 30.3 Å². The topological polar surface area (TPSA) is 57.0 Å². The van der Waals surface area contributed by atoms with Gasteiger partial charge in [0.05, 0.1) is 17.0 Å². The lowest BCUT2D eigenvalue weighted by atomic mass is 10.2. The Balaban J connectivity index is 1.76. The fourth-order valence-corrected chi connectivity index (χ4v) is 2.16. The summed E-state index contributed by atoms with van der Waals surface area (Å²) in [4.78, 5) is 12.2. The molecule has 5 nitrogen and oxygen atoms in total. The summed E-state index contributed by atoms with van der Waals surface area (Å²) in [6.07, 6.45) is 0. The van der Waals surface area contributed by atoms with Crippen molar-refractivity contribution in [3.05, 3.63) is 63.9 Å². The van der Waals surface area contributed by atoms with Crippen LogP contribution >= 0.6 is 11.6 Å². The van der Waals surface area contributed by atoms with Gasteiger partial charge in [-0.2, -0.15) is 0 Å². The van der Waals surface area contributed by atoms with Crippen molar-refractivity contribution in [3.8, 4) is 5.75 Å². The number of hydrogen-bond acceptors (Lipinski definition) is 4. The maximum atomic E-state index is 12.2. The fourth-order valence-electron chi connectivity index (χ4n) is 1.97. The maximum absolute atomic E-state index is 12.2. The van der Waals surface area contributed by atoms with Gasteiger partial charge in [0.25, 0.3) is 5.56 Å². The van der Waals surface area contributed by atoms with E-state index in [1.807, 2.05) is 18.2 Å². The highest BCUT2D eigenvalue weighted by Gasteiger charge is 2.05. The van der Waals surface area contributed by atoms with Gasteiger partial charge in [0.1, 0.15) is 17.9 Å². The third-order valence-electron chi connectivity index (χ3n) is 3.03. The Morgan fingerprint density at radius 2 is 1.86 bits per heavy atom. The van der Waals surface area contributed by atoms with E-state index in [2.05, 4.69) is 10.3 Å². The van der Waals surface area contributed by atoms with E-state index >= 15 is 0 Å². The van der Waals surface area contributed by atoms with E-state index in [9.17, 15) is 4.79 Å². The van der Waals surface area contributed by atoms with E-state index < -0.39 is 0 Å². The number of aromatic nitrogens is 3. The zero-order chi connectivity index (χ0) is 14.7. The molecule has 0 radical (unpaired) electrons. The minimum Gasteiger partial charge on any atom is -0.490 e. The highest BCUT2D eigenvalue weighted by Crippen LogP contribution is 2.22. The Bertz CT molecular complexity index is 832. The maximum Gasteiger partial charge on any atom is 0.277 e. The minimum atomic E-state index is -0.177. The van der Waals surface area contributed by atoms with Crippen molar-refractivity contribution >= 4 is 22.5 Å². The van der Waals surface area contributed by atoms with Gasteiger partial charge in [0.2, 0.25) is 0 Å². The summed E-state index contributed by atoms with van der Waals surface area (Å²) in [6, 6.07) is 14.3. The molecule has 0 bridgehead atoms. The first-order chi connectivity index (χ1) is 10.3. The molecule has 0 aliphatic heterocycles. The largest absolute Gasteiger partial charge is 0.490 e. The van der Waals surface area contributed by atoms with Gasteiger partial charge in [-0.05, 0) is 24.3 Å². The van der Waals surface area contributed by atoms with Crippen molar-refractivity contribution in [3.63, 3.8) is 0 Å². The van der Waals surface area contributed by atoms with Gasteiger partial charge < -0.3 is 4.74 Å². The SMILES string of the molecule is O=c1c2ccccc2nnn1CCOc1ccccc1Cl. The summed E-state index contributed by atoms with van der Waals surface area (Å²) in [7, 11) is 0. The van der Waals surface area contributed by atoms with Crippen molar-refractivity contribution in [2.75, 3.05) is 6.61 Å². The standard InChI is InChI=1S/C15H12ClN3O2/c16-12-6-2-4-8-14(12)21-10-9-19-15(20)11-5-1-3-7-13(11)17-18-19/h1-8H,9-10H2. The van der Waals surface area contributed by atoms with E-state index in [1.165, 1.54) is 4.68 Å². The molecule has 0 aliphatic rings. The normalized spacial score (nSPS) is 10.7. The van der Waals surface area contributed by atoms with Crippen LogP contribution in [0.15, 0.2) is 53.3 Å². The molecular formula is C15H12ClN3O2. The van der Waals surface area contributed by atoms with Crippen LogP contribution < -0.4 is 10.3 Å². The van der Waals surface area contributed by atoms with Crippen LogP contribution in [-0.4, -0.2) is 21.6 Å². The smallest absolute Gasteiger partial charge is 0.277 e. The van der Waals surface area contributed by atoms with E-state index in [4.69, 9.17) is 16.3 Å². The average Bonchev–Trinajstić information content (AvgIpc) is 2.52. The minimum absolute atomic E-state index is 0.177. The summed E-state index contributed by atoms with van der Waals surface area (Å²) in [6.45, 7) is 0.596. The van der Waals surface area contributed by atoms with Crippen LogP contribution in [0.1, 0.15) is 0 Å². The first-order valence-corrected chi connectivity index (χ1v) is 6.83. The van der Waals surface area contributed by atoms with Gasteiger partial charge in [0, 0.05) is 0 Å². The molecule has 0 unspecified atom stereocenters. The summed E-state index contributed by atoms with van der Waals surface area (Å²) < 4.78 is 6.84. The molecule has 3 rings (SSSR count). The van der Waals surface area contributed by atoms with E-state index in [-0.39, 0.29) is 12.2 Å². The molecule has 0 fully saturated rings. The predicted octanol–water partition coefficient (Wildman–Crippen LogP) is 2.52. The molecule has 0 aliphatic carbocycles. The number of fused-ring (bicyclic) bond motifs is 1. The first kappa shape index (κ1) is 13.6. The molecule has 2 aromatic carbocycles. The second-order valence-corrected chi connectivity index (χ2v) is 4.82.